The Morgan fingerprint density at radius 1 is 1.17 bits per heavy atom. The molecule has 2 N–H and O–H groups in total. The first-order valence-corrected chi connectivity index (χ1v) is 8.81. The highest BCUT2D eigenvalue weighted by Gasteiger charge is 2.13. The average molecular weight is 421 g/mol. The van der Waals surface area contributed by atoms with Gasteiger partial charge in [-0.25, -0.2) is 8.78 Å². The van der Waals surface area contributed by atoms with Crippen molar-refractivity contribution in [1.82, 2.24) is 25.5 Å². The van der Waals surface area contributed by atoms with Crippen molar-refractivity contribution in [3.63, 3.8) is 0 Å². The van der Waals surface area contributed by atoms with Crippen molar-refractivity contribution in [2.45, 2.75) is 13.3 Å². The zero-order valence-corrected chi connectivity index (χ0v) is 15.9. The Balaban J connectivity index is 1.57. The van der Waals surface area contributed by atoms with E-state index in [0.29, 0.717) is 11.5 Å². The molecule has 29 heavy (non-hydrogen) atoms. The summed E-state index contributed by atoms with van der Waals surface area (Å²) < 4.78 is 28.3. The maximum Gasteiger partial charge on any atom is 0.252 e. The van der Waals surface area contributed by atoms with Crippen LogP contribution < -0.4 is 10.6 Å². The van der Waals surface area contributed by atoms with Gasteiger partial charge in [0.15, 0.2) is 5.82 Å². The molecule has 1 heterocycles. The molecule has 0 spiro atoms. The SMILES string of the molecule is Cc1nnnn1-c1cc(NC(=O)CCNC(=O)c2ccc(F)cc2Cl)ccc1F. The fourth-order valence-electron chi connectivity index (χ4n) is 2.49. The molecule has 11 heteroatoms. The van der Waals surface area contributed by atoms with Crippen molar-refractivity contribution in [1.29, 1.82) is 0 Å². The molecule has 3 aromatic rings. The standard InChI is InChI=1S/C18H15ClF2N6O2/c1-10-24-25-26-27(10)16-9-12(3-5-15(16)21)23-17(28)6-7-22-18(29)13-4-2-11(20)8-14(13)19/h2-5,8-9H,6-7H2,1H3,(H,22,29)(H,23,28). The van der Waals surface area contributed by atoms with Crippen LogP contribution in [0.5, 0.6) is 0 Å². The summed E-state index contributed by atoms with van der Waals surface area (Å²) in [4.78, 5) is 24.2. The third-order valence-electron chi connectivity index (χ3n) is 3.90. The zero-order chi connectivity index (χ0) is 21.0. The number of rotatable bonds is 6. The van der Waals surface area contributed by atoms with E-state index in [4.69, 9.17) is 11.6 Å². The van der Waals surface area contributed by atoms with Crippen molar-refractivity contribution >= 4 is 29.1 Å². The number of amides is 2. The molecule has 1 aromatic heterocycles. The summed E-state index contributed by atoms with van der Waals surface area (Å²) in [5, 5.41) is 16.0. The lowest BCUT2D eigenvalue weighted by molar-refractivity contribution is -0.116. The number of anilines is 1. The molecule has 0 bridgehead atoms. The third-order valence-corrected chi connectivity index (χ3v) is 4.21. The van der Waals surface area contributed by atoms with Crippen LogP contribution in [0.1, 0.15) is 22.6 Å². The summed E-state index contributed by atoms with van der Waals surface area (Å²) in [7, 11) is 0. The van der Waals surface area contributed by atoms with E-state index in [1.807, 2.05) is 0 Å². The minimum atomic E-state index is -0.554. The maximum absolute atomic E-state index is 14.0. The van der Waals surface area contributed by atoms with E-state index < -0.39 is 23.4 Å². The lowest BCUT2D eigenvalue weighted by Crippen LogP contribution is -2.28. The lowest BCUT2D eigenvalue weighted by Gasteiger charge is -2.10. The third kappa shape index (κ3) is 4.91. The van der Waals surface area contributed by atoms with Crippen LogP contribution in [-0.4, -0.2) is 38.6 Å². The van der Waals surface area contributed by atoms with Crippen molar-refractivity contribution in [2.24, 2.45) is 0 Å². The second kappa shape index (κ2) is 8.74. The number of aromatic nitrogens is 4. The fraction of sp³-hybridized carbons (Fsp3) is 0.167. The molecule has 0 aliphatic heterocycles. The summed E-state index contributed by atoms with van der Waals surface area (Å²) in [6.07, 6.45) is -0.0405. The van der Waals surface area contributed by atoms with Gasteiger partial charge in [0.1, 0.15) is 17.3 Å². The molecule has 0 aliphatic carbocycles. The van der Waals surface area contributed by atoms with Gasteiger partial charge in [0, 0.05) is 18.7 Å². The molecular weight excluding hydrogens is 406 g/mol. The van der Waals surface area contributed by atoms with Crippen LogP contribution in [0.2, 0.25) is 5.02 Å². The highest BCUT2D eigenvalue weighted by molar-refractivity contribution is 6.33. The fourth-order valence-corrected chi connectivity index (χ4v) is 2.74. The number of hydrogen-bond donors (Lipinski definition) is 2. The second-order valence-electron chi connectivity index (χ2n) is 5.98. The predicted molar refractivity (Wildman–Crippen MR) is 101 cm³/mol. The molecule has 0 saturated heterocycles. The van der Waals surface area contributed by atoms with E-state index in [1.165, 1.54) is 28.9 Å². The largest absolute Gasteiger partial charge is 0.351 e. The number of hydrogen-bond acceptors (Lipinski definition) is 5. The maximum atomic E-state index is 14.0. The summed E-state index contributed by atoms with van der Waals surface area (Å²) in [6.45, 7) is 1.64. The van der Waals surface area contributed by atoms with Crippen LogP contribution in [0.3, 0.4) is 0 Å². The number of aryl methyl sites for hydroxylation is 1. The van der Waals surface area contributed by atoms with Gasteiger partial charge in [0.05, 0.1) is 10.6 Å². The van der Waals surface area contributed by atoms with E-state index in [9.17, 15) is 18.4 Å². The molecule has 150 valence electrons. The Kier molecular flexibility index (Phi) is 6.13. The van der Waals surface area contributed by atoms with Gasteiger partial charge in [-0.2, -0.15) is 4.68 Å². The minimum Gasteiger partial charge on any atom is -0.351 e. The highest BCUT2D eigenvalue weighted by atomic mass is 35.5. The van der Waals surface area contributed by atoms with Crippen LogP contribution in [0.4, 0.5) is 14.5 Å². The number of tetrazole rings is 1. The number of carbonyl (C=O) groups excluding carboxylic acids is 2. The van der Waals surface area contributed by atoms with E-state index in [1.54, 1.807) is 6.92 Å². The molecule has 3 rings (SSSR count). The molecule has 0 aliphatic rings. The van der Waals surface area contributed by atoms with E-state index in [0.717, 1.165) is 12.1 Å². The van der Waals surface area contributed by atoms with Gasteiger partial charge in [-0.1, -0.05) is 11.6 Å². The van der Waals surface area contributed by atoms with Crippen LogP contribution in [0.15, 0.2) is 36.4 Å². The number of nitrogens with one attached hydrogen (secondary N) is 2. The Labute approximate surface area is 168 Å². The molecule has 0 fully saturated rings. The van der Waals surface area contributed by atoms with Crippen LogP contribution in [-0.2, 0) is 4.79 Å². The first-order valence-electron chi connectivity index (χ1n) is 8.43. The quantitative estimate of drug-likeness (QED) is 0.638. The van der Waals surface area contributed by atoms with Gasteiger partial charge in [-0.15, -0.1) is 5.10 Å². The van der Waals surface area contributed by atoms with E-state index >= 15 is 0 Å². The topological polar surface area (TPSA) is 102 Å². The van der Waals surface area contributed by atoms with Crippen LogP contribution in [0.25, 0.3) is 5.69 Å². The van der Waals surface area contributed by atoms with Gasteiger partial charge in [0.2, 0.25) is 5.91 Å². The number of nitrogens with zero attached hydrogens (tertiary/aromatic N) is 4. The Morgan fingerprint density at radius 3 is 2.66 bits per heavy atom. The smallest absolute Gasteiger partial charge is 0.252 e. The number of carbonyl (C=O) groups is 2. The molecule has 0 saturated carbocycles. The monoisotopic (exact) mass is 420 g/mol. The Bertz CT molecular complexity index is 1070. The second-order valence-corrected chi connectivity index (χ2v) is 6.39. The number of halogens is 3. The predicted octanol–water partition coefficient (Wildman–Crippen LogP) is 2.66. The molecular formula is C18H15ClF2N6O2. The van der Waals surface area contributed by atoms with Crippen molar-refractivity contribution in [3.05, 3.63) is 64.4 Å². The van der Waals surface area contributed by atoms with Crippen molar-refractivity contribution in [2.75, 3.05) is 11.9 Å². The minimum absolute atomic E-state index is 0.0244. The molecule has 8 nitrogen and oxygen atoms in total. The van der Waals surface area contributed by atoms with Crippen molar-refractivity contribution in [3.8, 4) is 5.69 Å². The Hall–Kier alpha value is -3.40. The number of benzene rings is 2. The van der Waals surface area contributed by atoms with Gasteiger partial charge in [0.25, 0.3) is 5.91 Å². The van der Waals surface area contributed by atoms with Gasteiger partial charge < -0.3 is 10.6 Å². The average Bonchev–Trinajstić information content (AvgIpc) is 3.09. The van der Waals surface area contributed by atoms with Crippen LogP contribution in [0, 0.1) is 18.6 Å². The first-order chi connectivity index (χ1) is 13.8. The Morgan fingerprint density at radius 2 is 1.97 bits per heavy atom. The van der Waals surface area contributed by atoms with Gasteiger partial charge in [-0.05, 0) is 53.7 Å². The molecule has 0 unspecified atom stereocenters. The normalized spacial score (nSPS) is 10.6. The zero-order valence-electron chi connectivity index (χ0n) is 15.1. The molecule has 0 radical (unpaired) electrons. The molecule has 2 amide bonds. The first kappa shape index (κ1) is 20.3. The van der Waals surface area contributed by atoms with E-state index in [-0.39, 0.29) is 29.2 Å². The summed E-state index contributed by atoms with van der Waals surface area (Å²) in [5.74, 6) is -1.65. The van der Waals surface area contributed by atoms with Gasteiger partial charge in [-0.3, -0.25) is 9.59 Å². The molecule has 2 aromatic carbocycles. The molecule has 0 atom stereocenters. The van der Waals surface area contributed by atoms with Gasteiger partial charge >= 0.3 is 0 Å². The van der Waals surface area contributed by atoms with Crippen LogP contribution >= 0.6 is 11.6 Å². The summed E-state index contributed by atoms with van der Waals surface area (Å²) in [6, 6.07) is 7.38. The summed E-state index contributed by atoms with van der Waals surface area (Å²) >= 11 is 5.83. The lowest BCUT2D eigenvalue weighted by atomic mass is 10.2. The summed E-state index contributed by atoms with van der Waals surface area (Å²) in [5.41, 5.74) is 0.534. The van der Waals surface area contributed by atoms with E-state index in [2.05, 4.69) is 26.2 Å². The highest BCUT2D eigenvalue weighted by Crippen LogP contribution is 2.19. The van der Waals surface area contributed by atoms with Crippen molar-refractivity contribution < 1.29 is 18.4 Å².